The Morgan fingerprint density at radius 3 is 2.50 bits per heavy atom. The number of amides is 1. The number of hydrogen-bond donors (Lipinski definition) is 2. The lowest BCUT2D eigenvalue weighted by atomic mass is 10.1. The summed E-state index contributed by atoms with van der Waals surface area (Å²) in [4.78, 5) is 11.8. The van der Waals surface area contributed by atoms with E-state index in [2.05, 4.69) is 17.4 Å². The molecule has 0 saturated heterocycles. The highest BCUT2D eigenvalue weighted by Crippen LogP contribution is 2.12. The zero-order chi connectivity index (χ0) is 14.2. The number of anilines is 1. The van der Waals surface area contributed by atoms with Crippen LogP contribution in [0.5, 0.6) is 0 Å². The first kappa shape index (κ1) is 14.3. The van der Waals surface area contributed by atoms with Gasteiger partial charge in [0.25, 0.3) is 0 Å². The monoisotopic (exact) mass is 269 g/mol. The van der Waals surface area contributed by atoms with E-state index in [4.69, 9.17) is 5.11 Å². The van der Waals surface area contributed by atoms with E-state index in [1.807, 2.05) is 36.4 Å². The summed E-state index contributed by atoms with van der Waals surface area (Å²) in [5.41, 5.74) is 2.79. The summed E-state index contributed by atoms with van der Waals surface area (Å²) in [6.07, 6.45) is 2.23. The first-order valence-corrected chi connectivity index (χ1v) is 6.81. The highest BCUT2D eigenvalue weighted by Gasteiger charge is 2.03. The molecule has 1 amide bonds. The quantitative estimate of drug-likeness (QED) is 0.846. The van der Waals surface area contributed by atoms with Crippen LogP contribution in [-0.4, -0.2) is 11.0 Å². The molecule has 0 heterocycles. The van der Waals surface area contributed by atoms with Crippen LogP contribution in [0, 0.1) is 0 Å². The van der Waals surface area contributed by atoms with Gasteiger partial charge in [-0.15, -0.1) is 0 Å². The summed E-state index contributed by atoms with van der Waals surface area (Å²) >= 11 is 0. The van der Waals surface area contributed by atoms with Crippen LogP contribution in [0.2, 0.25) is 0 Å². The Kier molecular flexibility index (Phi) is 5.33. The molecule has 0 spiro atoms. The Hall–Kier alpha value is -2.13. The van der Waals surface area contributed by atoms with Crippen LogP contribution in [0.1, 0.15) is 24.0 Å². The van der Waals surface area contributed by atoms with Crippen LogP contribution in [0.3, 0.4) is 0 Å². The van der Waals surface area contributed by atoms with Crippen LogP contribution in [0.25, 0.3) is 0 Å². The molecule has 2 aromatic rings. The maximum atomic E-state index is 11.8. The predicted octanol–water partition coefficient (Wildman–Crippen LogP) is 3.14. The van der Waals surface area contributed by atoms with Gasteiger partial charge in [0.05, 0.1) is 6.61 Å². The maximum Gasteiger partial charge on any atom is 0.224 e. The third kappa shape index (κ3) is 4.52. The van der Waals surface area contributed by atoms with Crippen molar-refractivity contribution in [3.63, 3.8) is 0 Å². The second-order valence-electron chi connectivity index (χ2n) is 4.75. The van der Waals surface area contributed by atoms with Gasteiger partial charge in [0.1, 0.15) is 0 Å². The average molecular weight is 269 g/mol. The molecule has 0 fully saturated rings. The Balaban J connectivity index is 1.77. The number of benzene rings is 2. The largest absolute Gasteiger partial charge is 0.392 e. The van der Waals surface area contributed by atoms with Gasteiger partial charge in [0.2, 0.25) is 5.91 Å². The molecule has 104 valence electrons. The van der Waals surface area contributed by atoms with Gasteiger partial charge in [0.15, 0.2) is 0 Å². The molecular weight excluding hydrogens is 250 g/mol. The molecule has 2 N–H and O–H groups in total. The van der Waals surface area contributed by atoms with Crippen LogP contribution >= 0.6 is 0 Å². The second kappa shape index (κ2) is 7.46. The van der Waals surface area contributed by atoms with E-state index in [0.717, 1.165) is 24.1 Å². The topological polar surface area (TPSA) is 49.3 Å². The molecule has 0 atom stereocenters. The van der Waals surface area contributed by atoms with Gasteiger partial charge < -0.3 is 10.4 Å². The van der Waals surface area contributed by atoms with E-state index in [-0.39, 0.29) is 12.5 Å². The van der Waals surface area contributed by atoms with Crippen molar-refractivity contribution < 1.29 is 9.90 Å². The van der Waals surface area contributed by atoms with Gasteiger partial charge in [-0.1, -0.05) is 42.5 Å². The standard InChI is InChI=1S/C17H19NO2/c19-13-15-9-4-10-16(12-15)18-17(20)11-5-8-14-6-2-1-3-7-14/h1-4,6-7,9-10,12,19H,5,8,11,13H2,(H,18,20). The number of aliphatic hydroxyl groups is 1. The maximum absolute atomic E-state index is 11.8. The molecule has 0 bridgehead atoms. The summed E-state index contributed by atoms with van der Waals surface area (Å²) in [6.45, 7) is -0.0162. The molecule has 3 heteroatoms. The van der Waals surface area contributed by atoms with E-state index in [1.54, 1.807) is 6.07 Å². The van der Waals surface area contributed by atoms with Gasteiger partial charge in [0, 0.05) is 12.1 Å². The number of aliphatic hydroxyl groups excluding tert-OH is 1. The normalized spacial score (nSPS) is 10.2. The Labute approximate surface area is 119 Å². The van der Waals surface area contributed by atoms with Crippen molar-refractivity contribution in [3.05, 3.63) is 65.7 Å². The first-order chi connectivity index (χ1) is 9.78. The molecule has 0 aliphatic heterocycles. The molecule has 0 aliphatic rings. The Morgan fingerprint density at radius 1 is 1.00 bits per heavy atom. The minimum Gasteiger partial charge on any atom is -0.392 e. The molecule has 0 aliphatic carbocycles. The molecule has 20 heavy (non-hydrogen) atoms. The molecule has 0 radical (unpaired) electrons. The van der Waals surface area contributed by atoms with Gasteiger partial charge in [-0.05, 0) is 36.1 Å². The van der Waals surface area contributed by atoms with Crippen LogP contribution in [0.4, 0.5) is 5.69 Å². The molecule has 0 saturated carbocycles. The highest BCUT2D eigenvalue weighted by molar-refractivity contribution is 5.90. The summed E-state index contributed by atoms with van der Waals surface area (Å²) in [5.74, 6) is 0.0102. The van der Waals surface area contributed by atoms with Gasteiger partial charge in [-0.25, -0.2) is 0 Å². The average Bonchev–Trinajstić information content (AvgIpc) is 2.48. The van der Waals surface area contributed by atoms with Crippen molar-refractivity contribution in [1.29, 1.82) is 0 Å². The van der Waals surface area contributed by atoms with E-state index in [0.29, 0.717) is 6.42 Å². The molecule has 3 nitrogen and oxygen atoms in total. The zero-order valence-corrected chi connectivity index (χ0v) is 11.4. The highest BCUT2D eigenvalue weighted by atomic mass is 16.3. The molecule has 0 unspecified atom stereocenters. The third-order valence-corrected chi connectivity index (χ3v) is 3.11. The van der Waals surface area contributed by atoms with Crippen LogP contribution < -0.4 is 5.32 Å². The summed E-state index contributed by atoms with van der Waals surface area (Å²) in [6, 6.07) is 17.4. The number of carbonyl (C=O) groups excluding carboxylic acids is 1. The lowest BCUT2D eigenvalue weighted by Gasteiger charge is -2.06. The second-order valence-corrected chi connectivity index (χ2v) is 4.75. The fraction of sp³-hybridized carbons (Fsp3) is 0.235. The Morgan fingerprint density at radius 2 is 1.75 bits per heavy atom. The van der Waals surface area contributed by atoms with Gasteiger partial charge in [-0.3, -0.25) is 4.79 Å². The van der Waals surface area contributed by atoms with Crippen LogP contribution in [0.15, 0.2) is 54.6 Å². The van der Waals surface area contributed by atoms with Crippen LogP contribution in [-0.2, 0) is 17.8 Å². The number of nitrogens with one attached hydrogen (secondary N) is 1. The number of hydrogen-bond acceptors (Lipinski definition) is 2. The lowest BCUT2D eigenvalue weighted by molar-refractivity contribution is -0.116. The van der Waals surface area contributed by atoms with E-state index < -0.39 is 0 Å². The molecule has 2 rings (SSSR count). The number of carbonyl (C=O) groups is 1. The predicted molar refractivity (Wildman–Crippen MR) is 80.4 cm³/mol. The summed E-state index contributed by atoms with van der Waals surface area (Å²) in [7, 11) is 0. The van der Waals surface area contributed by atoms with Crippen molar-refractivity contribution >= 4 is 11.6 Å². The van der Waals surface area contributed by atoms with Crippen molar-refractivity contribution in [2.45, 2.75) is 25.9 Å². The third-order valence-electron chi connectivity index (χ3n) is 3.11. The van der Waals surface area contributed by atoms with Gasteiger partial charge in [-0.2, -0.15) is 0 Å². The van der Waals surface area contributed by atoms with E-state index in [1.165, 1.54) is 5.56 Å². The SMILES string of the molecule is O=C(CCCc1ccccc1)Nc1cccc(CO)c1. The molecule has 0 aromatic heterocycles. The Bertz CT molecular complexity index is 552. The fourth-order valence-corrected chi connectivity index (χ4v) is 2.07. The number of rotatable bonds is 6. The summed E-state index contributed by atoms with van der Waals surface area (Å²) in [5, 5.41) is 11.9. The van der Waals surface area contributed by atoms with Crippen molar-refractivity contribution in [3.8, 4) is 0 Å². The zero-order valence-electron chi connectivity index (χ0n) is 11.4. The molecular formula is C17H19NO2. The minimum atomic E-state index is -0.0162. The fourth-order valence-electron chi connectivity index (χ4n) is 2.07. The van der Waals surface area contributed by atoms with Crippen molar-refractivity contribution in [2.24, 2.45) is 0 Å². The summed E-state index contributed by atoms with van der Waals surface area (Å²) < 4.78 is 0. The number of aryl methyl sites for hydroxylation is 1. The first-order valence-electron chi connectivity index (χ1n) is 6.81. The molecule has 2 aromatic carbocycles. The van der Waals surface area contributed by atoms with E-state index >= 15 is 0 Å². The van der Waals surface area contributed by atoms with Crippen molar-refractivity contribution in [2.75, 3.05) is 5.32 Å². The van der Waals surface area contributed by atoms with E-state index in [9.17, 15) is 4.79 Å². The lowest BCUT2D eigenvalue weighted by Crippen LogP contribution is -2.11. The minimum absolute atomic E-state index is 0.0102. The smallest absolute Gasteiger partial charge is 0.224 e. The van der Waals surface area contributed by atoms with Gasteiger partial charge >= 0.3 is 0 Å². The van der Waals surface area contributed by atoms with Crippen molar-refractivity contribution in [1.82, 2.24) is 0 Å².